The van der Waals surface area contributed by atoms with Gasteiger partial charge in [0.15, 0.2) is 0 Å². The third-order valence-electron chi connectivity index (χ3n) is 4.40. The zero-order chi connectivity index (χ0) is 18.5. The Bertz CT molecular complexity index is 780. The van der Waals surface area contributed by atoms with Crippen molar-refractivity contribution < 1.29 is 13.6 Å². The Morgan fingerprint density at radius 1 is 1.00 bits per heavy atom. The molecular weight excluding hydrogens is 358 g/mol. The minimum absolute atomic E-state index is 0.192. The molecule has 3 rings (SSSR count). The van der Waals surface area contributed by atoms with Gasteiger partial charge < -0.3 is 4.90 Å². The summed E-state index contributed by atoms with van der Waals surface area (Å²) in [6, 6.07) is 11.3. The van der Waals surface area contributed by atoms with E-state index in [0.29, 0.717) is 18.1 Å². The van der Waals surface area contributed by atoms with Crippen LogP contribution < -0.4 is 0 Å². The third-order valence-corrected chi connectivity index (χ3v) is 4.65. The number of hydrogen-bond acceptors (Lipinski definition) is 2. The van der Waals surface area contributed by atoms with Gasteiger partial charge in [0.25, 0.3) is 0 Å². The van der Waals surface area contributed by atoms with Gasteiger partial charge in [-0.25, -0.2) is 8.78 Å². The highest BCUT2D eigenvalue weighted by Crippen LogP contribution is 2.15. The molecule has 0 atom stereocenters. The van der Waals surface area contributed by atoms with Crippen LogP contribution in [0.25, 0.3) is 6.08 Å². The molecule has 0 aliphatic carbocycles. The van der Waals surface area contributed by atoms with Crippen LogP contribution in [0, 0.1) is 11.6 Å². The molecule has 0 spiro atoms. The molecule has 0 N–H and O–H groups in total. The lowest BCUT2D eigenvalue weighted by Crippen LogP contribution is -2.47. The van der Waals surface area contributed by atoms with Crippen molar-refractivity contribution in [3.8, 4) is 0 Å². The van der Waals surface area contributed by atoms with Crippen LogP contribution in [-0.4, -0.2) is 41.9 Å². The summed E-state index contributed by atoms with van der Waals surface area (Å²) in [7, 11) is 0. The van der Waals surface area contributed by atoms with Crippen LogP contribution in [0.5, 0.6) is 0 Å². The normalized spacial score (nSPS) is 15.6. The average molecular weight is 377 g/mol. The molecule has 1 amide bonds. The van der Waals surface area contributed by atoms with Crippen molar-refractivity contribution in [1.82, 2.24) is 9.80 Å². The first-order valence-corrected chi connectivity index (χ1v) is 8.78. The number of piperazine rings is 1. The molecule has 0 unspecified atom stereocenters. The zero-order valence-electron chi connectivity index (χ0n) is 14.2. The molecular formula is C20H19ClF2N2O. The fourth-order valence-electron chi connectivity index (χ4n) is 2.90. The van der Waals surface area contributed by atoms with Crippen molar-refractivity contribution in [3.63, 3.8) is 0 Å². The molecule has 136 valence electrons. The Hall–Kier alpha value is -2.24. The maximum absolute atomic E-state index is 13.6. The molecule has 26 heavy (non-hydrogen) atoms. The van der Waals surface area contributed by atoms with Crippen molar-refractivity contribution in [2.45, 2.75) is 6.54 Å². The largest absolute Gasteiger partial charge is 0.337 e. The molecule has 6 heteroatoms. The summed E-state index contributed by atoms with van der Waals surface area (Å²) in [5.41, 5.74) is 0.978. The number of benzene rings is 2. The Morgan fingerprint density at radius 3 is 2.23 bits per heavy atom. The molecule has 0 aromatic heterocycles. The van der Waals surface area contributed by atoms with Gasteiger partial charge in [-0.05, 0) is 35.9 Å². The van der Waals surface area contributed by atoms with Crippen LogP contribution in [-0.2, 0) is 11.3 Å². The molecule has 1 heterocycles. The van der Waals surface area contributed by atoms with E-state index in [1.54, 1.807) is 4.90 Å². The Balaban J connectivity index is 1.53. The lowest BCUT2D eigenvalue weighted by atomic mass is 10.1. The van der Waals surface area contributed by atoms with E-state index in [1.165, 1.54) is 35.9 Å². The van der Waals surface area contributed by atoms with Crippen molar-refractivity contribution in [2.75, 3.05) is 26.2 Å². The van der Waals surface area contributed by atoms with Gasteiger partial charge in [-0.3, -0.25) is 9.69 Å². The van der Waals surface area contributed by atoms with Crippen LogP contribution >= 0.6 is 11.6 Å². The van der Waals surface area contributed by atoms with Gasteiger partial charge in [0.1, 0.15) is 11.6 Å². The summed E-state index contributed by atoms with van der Waals surface area (Å²) >= 11 is 5.89. The van der Waals surface area contributed by atoms with E-state index in [9.17, 15) is 13.6 Å². The van der Waals surface area contributed by atoms with Crippen LogP contribution in [0.15, 0.2) is 48.5 Å². The molecule has 2 aromatic rings. The van der Waals surface area contributed by atoms with Crippen molar-refractivity contribution in [3.05, 3.63) is 76.3 Å². The number of carbonyl (C=O) groups excluding carboxylic acids is 1. The van der Waals surface area contributed by atoms with Crippen molar-refractivity contribution in [1.29, 1.82) is 0 Å². The molecule has 2 aromatic carbocycles. The highest BCUT2D eigenvalue weighted by atomic mass is 35.5. The minimum atomic E-state index is -0.679. The van der Waals surface area contributed by atoms with Crippen LogP contribution in [0.3, 0.4) is 0 Å². The fourth-order valence-corrected chi connectivity index (χ4v) is 3.03. The van der Waals surface area contributed by atoms with Gasteiger partial charge in [-0.2, -0.15) is 0 Å². The Morgan fingerprint density at radius 2 is 1.62 bits per heavy atom. The topological polar surface area (TPSA) is 23.6 Å². The second kappa shape index (κ2) is 8.43. The molecule has 0 radical (unpaired) electrons. The summed E-state index contributed by atoms with van der Waals surface area (Å²) in [5, 5.41) is 0.710. The highest BCUT2D eigenvalue weighted by molar-refractivity contribution is 6.30. The molecule has 3 nitrogen and oxygen atoms in total. The summed E-state index contributed by atoms with van der Waals surface area (Å²) in [4.78, 5) is 16.2. The lowest BCUT2D eigenvalue weighted by Gasteiger charge is -2.34. The second-order valence-corrected chi connectivity index (χ2v) is 6.63. The van der Waals surface area contributed by atoms with E-state index in [-0.39, 0.29) is 11.5 Å². The van der Waals surface area contributed by atoms with E-state index in [4.69, 9.17) is 11.6 Å². The van der Waals surface area contributed by atoms with Crippen LogP contribution in [0.4, 0.5) is 8.78 Å². The number of halogens is 3. The predicted molar refractivity (Wildman–Crippen MR) is 98.7 cm³/mol. The number of amides is 1. The molecule has 1 aliphatic rings. The van der Waals surface area contributed by atoms with Crippen molar-refractivity contribution >= 4 is 23.6 Å². The van der Waals surface area contributed by atoms with E-state index in [1.807, 2.05) is 24.3 Å². The first-order valence-electron chi connectivity index (χ1n) is 8.41. The third kappa shape index (κ3) is 4.68. The maximum atomic E-state index is 13.6. The van der Waals surface area contributed by atoms with Gasteiger partial charge in [0, 0.05) is 49.4 Å². The molecule has 0 saturated carbocycles. The second-order valence-electron chi connectivity index (χ2n) is 6.20. The molecule has 1 fully saturated rings. The van der Waals surface area contributed by atoms with Gasteiger partial charge in [-0.1, -0.05) is 29.8 Å². The quantitative estimate of drug-likeness (QED) is 0.754. The average Bonchev–Trinajstić information content (AvgIpc) is 2.64. The van der Waals surface area contributed by atoms with Gasteiger partial charge >= 0.3 is 0 Å². The highest BCUT2D eigenvalue weighted by Gasteiger charge is 2.19. The monoisotopic (exact) mass is 376 g/mol. The number of rotatable bonds is 4. The minimum Gasteiger partial charge on any atom is -0.337 e. The Labute approximate surface area is 156 Å². The number of carbonyl (C=O) groups is 1. The smallest absolute Gasteiger partial charge is 0.246 e. The van der Waals surface area contributed by atoms with E-state index < -0.39 is 11.6 Å². The van der Waals surface area contributed by atoms with E-state index in [0.717, 1.165) is 19.6 Å². The fraction of sp³-hybridized carbons (Fsp3) is 0.250. The van der Waals surface area contributed by atoms with Crippen molar-refractivity contribution in [2.24, 2.45) is 0 Å². The Kier molecular flexibility index (Phi) is 6.01. The predicted octanol–water partition coefficient (Wildman–Crippen LogP) is 3.98. The summed E-state index contributed by atoms with van der Waals surface area (Å²) in [6.07, 6.45) is 2.43. The van der Waals surface area contributed by atoms with Gasteiger partial charge in [0.2, 0.25) is 5.91 Å². The van der Waals surface area contributed by atoms with Crippen LogP contribution in [0.1, 0.15) is 11.1 Å². The van der Waals surface area contributed by atoms with Gasteiger partial charge in [-0.15, -0.1) is 0 Å². The molecule has 1 aliphatic heterocycles. The lowest BCUT2D eigenvalue weighted by molar-refractivity contribution is -0.127. The SMILES string of the molecule is O=C(C=Cc1c(F)cccc1F)N1CCN(Cc2ccc(Cl)cc2)CC1. The van der Waals surface area contributed by atoms with E-state index >= 15 is 0 Å². The van der Waals surface area contributed by atoms with Crippen LogP contribution in [0.2, 0.25) is 5.02 Å². The van der Waals surface area contributed by atoms with E-state index in [2.05, 4.69) is 4.90 Å². The first kappa shape index (κ1) is 18.5. The first-order chi connectivity index (χ1) is 12.5. The summed E-state index contributed by atoms with van der Waals surface area (Å²) in [5.74, 6) is -1.59. The summed E-state index contributed by atoms with van der Waals surface area (Å²) < 4.78 is 27.2. The standard InChI is InChI=1S/C20H19ClF2N2O/c21-16-6-4-15(5-7-16)14-24-10-12-25(13-11-24)20(26)9-8-17-18(22)2-1-3-19(17)23/h1-9H,10-14H2. The zero-order valence-corrected chi connectivity index (χ0v) is 14.9. The number of nitrogens with zero attached hydrogens (tertiary/aromatic N) is 2. The molecule has 1 saturated heterocycles. The summed E-state index contributed by atoms with van der Waals surface area (Å²) in [6.45, 7) is 3.45. The number of hydrogen-bond donors (Lipinski definition) is 0. The van der Waals surface area contributed by atoms with Gasteiger partial charge in [0.05, 0.1) is 0 Å². The maximum Gasteiger partial charge on any atom is 0.246 e. The molecule has 0 bridgehead atoms.